The number of nitrogens with two attached hydrogens (primary N) is 1. The maximum absolute atomic E-state index is 12.2. The first kappa shape index (κ1) is 13.8. The number of rotatable bonds is 4. The van der Waals surface area contributed by atoms with Gasteiger partial charge < -0.3 is 10.6 Å². The molecule has 0 aromatic carbocycles. The van der Waals surface area contributed by atoms with Crippen molar-refractivity contribution in [3.05, 3.63) is 0 Å². The molecule has 104 valence electrons. The molecule has 1 aliphatic carbocycles. The molecule has 18 heavy (non-hydrogen) atoms. The smallest absolute Gasteiger partial charge is 0.230 e. The van der Waals surface area contributed by atoms with Gasteiger partial charge in [-0.1, -0.05) is 0 Å². The lowest BCUT2D eigenvalue weighted by Gasteiger charge is -2.34. The highest BCUT2D eigenvalue weighted by Gasteiger charge is 2.50. The second-order valence-corrected chi connectivity index (χ2v) is 7.22. The van der Waals surface area contributed by atoms with E-state index in [1.54, 1.807) is 0 Å². The van der Waals surface area contributed by atoms with Gasteiger partial charge in [-0.3, -0.25) is 4.79 Å². The average molecular weight is 275 g/mol. The lowest BCUT2D eigenvalue weighted by molar-refractivity contribution is -0.137. The summed E-state index contributed by atoms with van der Waals surface area (Å²) in [6.45, 7) is 1.66. The molecular weight excluding hydrogens is 254 g/mol. The van der Waals surface area contributed by atoms with E-state index in [4.69, 9.17) is 5.73 Å². The van der Waals surface area contributed by atoms with Gasteiger partial charge in [-0.25, -0.2) is 13.1 Å². The topological polar surface area (TPSA) is 92.5 Å². The fourth-order valence-electron chi connectivity index (χ4n) is 2.49. The van der Waals surface area contributed by atoms with Crippen LogP contribution in [-0.2, 0) is 14.8 Å². The summed E-state index contributed by atoms with van der Waals surface area (Å²) in [6, 6.07) is -0.0444. The van der Waals surface area contributed by atoms with Gasteiger partial charge in [0.1, 0.15) is 0 Å². The Labute approximate surface area is 108 Å². The summed E-state index contributed by atoms with van der Waals surface area (Å²) in [5, 5.41) is 0. The first-order chi connectivity index (χ1) is 8.36. The van der Waals surface area contributed by atoms with Crippen molar-refractivity contribution in [2.45, 2.75) is 31.7 Å². The molecule has 1 saturated heterocycles. The van der Waals surface area contributed by atoms with E-state index in [1.165, 1.54) is 0 Å². The minimum atomic E-state index is -3.16. The van der Waals surface area contributed by atoms with Crippen LogP contribution >= 0.6 is 0 Å². The maximum atomic E-state index is 12.2. The average Bonchev–Trinajstić information content (AvgIpc) is 3.08. The van der Waals surface area contributed by atoms with Crippen LogP contribution in [0.25, 0.3) is 0 Å². The molecule has 1 saturated carbocycles. The summed E-state index contributed by atoms with van der Waals surface area (Å²) < 4.78 is 24.8. The van der Waals surface area contributed by atoms with E-state index in [2.05, 4.69) is 4.72 Å². The molecule has 0 bridgehead atoms. The van der Waals surface area contributed by atoms with Gasteiger partial charge in [0, 0.05) is 25.7 Å². The lowest BCUT2D eigenvalue weighted by atomic mass is 10.0. The molecule has 0 radical (unpaired) electrons. The van der Waals surface area contributed by atoms with Crippen molar-refractivity contribution in [1.82, 2.24) is 9.62 Å². The Morgan fingerprint density at radius 2 is 1.94 bits per heavy atom. The summed E-state index contributed by atoms with van der Waals surface area (Å²) in [7, 11) is -3.16. The summed E-state index contributed by atoms with van der Waals surface area (Å²) >= 11 is 0. The molecule has 0 spiro atoms. The third-order valence-electron chi connectivity index (χ3n) is 3.86. The van der Waals surface area contributed by atoms with Crippen molar-refractivity contribution >= 4 is 15.9 Å². The van der Waals surface area contributed by atoms with Crippen LogP contribution < -0.4 is 10.5 Å². The Kier molecular flexibility index (Phi) is 3.66. The van der Waals surface area contributed by atoms with E-state index < -0.39 is 10.0 Å². The number of carbonyl (C=O) groups is 1. The first-order valence-corrected chi connectivity index (χ1v) is 8.22. The Bertz CT molecular complexity index is 423. The van der Waals surface area contributed by atoms with Gasteiger partial charge in [0.15, 0.2) is 0 Å². The second-order valence-electron chi connectivity index (χ2n) is 5.44. The molecular formula is C11H21N3O3S. The second kappa shape index (κ2) is 4.79. The SMILES string of the molecule is CS(=O)(=O)NC1CCN(C(=O)C2(CN)CC2)CC1. The molecule has 1 aliphatic heterocycles. The van der Waals surface area contributed by atoms with Gasteiger partial charge in [0.25, 0.3) is 0 Å². The molecule has 1 heterocycles. The highest BCUT2D eigenvalue weighted by atomic mass is 32.2. The number of likely N-dealkylation sites (tertiary alicyclic amines) is 1. The minimum absolute atomic E-state index is 0.0444. The first-order valence-electron chi connectivity index (χ1n) is 6.33. The molecule has 0 aromatic rings. The molecule has 2 rings (SSSR count). The molecule has 7 heteroatoms. The van der Waals surface area contributed by atoms with Crippen LogP contribution in [0.1, 0.15) is 25.7 Å². The van der Waals surface area contributed by atoms with Crippen LogP contribution in [0.3, 0.4) is 0 Å². The van der Waals surface area contributed by atoms with Crippen molar-refractivity contribution in [2.75, 3.05) is 25.9 Å². The van der Waals surface area contributed by atoms with E-state index in [0.29, 0.717) is 32.5 Å². The third-order valence-corrected chi connectivity index (χ3v) is 4.62. The number of carbonyl (C=O) groups excluding carboxylic acids is 1. The Hall–Kier alpha value is -0.660. The Morgan fingerprint density at radius 1 is 1.39 bits per heavy atom. The van der Waals surface area contributed by atoms with E-state index in [1.807, 2.05) is 4.90 Å². The van der Waals surface area contributed by atoms with Gasteiger partial charge in [-0.05, 0) is 25.7 Å². The monoisotopic (exact) mass is 275 g/mol. The van der Waals surface area contributed by atoms with Crippen molar-refractivity contribution in [2.24, 2.45) is 11.1 Å². The summed E-state index contributed by atoms with van der Waals surface area (Å²) in [5.74, 6) is 0.155. The fraction of sp³-hybridized carbons (Fsp3) is 0.909. The maximum Gasteiger partial charge on any atom is 0.230 e. The number of nitrogens with one attached hydrogen (secondary N) is 1. The van der Waals surface area contributed by atoms with Gasteiger partial charge in [0.2, 0.25) is 15.9 Å². The molecule has 3 N–H and O–H groups in total. The fourth-order valence-corrected chi connectivity index (χ4v) is 3.34. The summed E-state index contributed by atoms with van der Waals surface area (Å²) in [4.78, 5) is 14.0. The standard InChI is InChI=1S/C11H21N3O3S/c1-18(16,17)13-9-2-6-14(7-3-9)10(15)11(8-12)4-5-11/h9,13H,2-8,12H2,1H3. The summed E-state index contributed by atoms with van der Waals surface area (Å²) in [5.41, 5.74) is 5.35. The van der Waals surface area contributed by atoms with Crippen LogP contribution in [0.4, 0.5) is 0 Å². The normalized spacial score (nSPS) is 24.0. The molecule has 0 aromatic heterocycles. The quantitative estimate of drug-likeness (QED) is 0.707. The zero-order valence-electron chi connectivity index (χ0n) is 10.7. The van der Waals surface area contributed by atoms with Gasteiger partial charge in [-0.2, -0.15) is 0 Å². The molecule has 2 fully saturated rings. The van der Waals surface area contributed by atoms with Crippen LogP contribution in [0, 0.1) is 5.41 Å². The highest BCUT2D eigenvalue weighted by Crippen LogP contribution is 2.46. The number of amides is 1. The van der Waals surface area contributed by atoms with Crippen molar-refractivity contribution in [3.63, 3.8) is 0 Å². The van der Waals surface area contributed by atoms with Gasteiger partial charge >= 0.3 is 0 Å². The number of nitrogens with zero attached hydrogens (tertiary/aromatic N) is 1. The molecule has 1 amide bonds. The number of piperidine rings is 1. The van der Waals surface area contributed by atoms with Crippen LogP contribution in [0.5, 0.6) is 0 Å². The third kappa shape index (κ3) is 3.02. The van der Waals surface area contributed by atoms with Crippen LogP contribution in [0.2, 0.25) is 0 Å². The zero-order chi connectivity index (χ0) is 13.4. The Balaban J connectivity index is 1.85. The molecule has 2 aliphatic rings. The van der Waals surface area contributed by atoms with E-state index >= 15 is 0 Å². The number of hydrogen-bond donors (Lipinski definition) is 2. The summed E-state index contributed by atoms with van der Waals surface area (Å²) in [6.07, 6.45) is 4.31. The highest BCUT2D eigenvalue weighted by molar-refractivity contribution is 7.88. The van der Waals surface area contributed by atoms with Crippen molar-refractivity contribution in [3.8, 4) is 0 Å². The van der Waals surface area contributed by atoms with Gasteiger partial charge in [0.05, 0.1) is 11.7 Å². The van der Waals surface area contributed by atoms with Crippen molar-refractivity contribution in [1.29, 1.82) is 0 Å². The van der Waals surface area contributed by atoms with E-state index in [9.17, 15) is 13.2 Å². The lowest BCUT2D eigenvalue weighted by Crippen LogP contribution is -2.49. The van der Waals surface area contributed by atoms with E-state index in [0.717, 1.165) is 19.1 Å². The largest absolute Gasteiger partial charge is 0.342 e. The minimum Gasteiger partial charge on any atom is -0.342 e. The number of hydrogen-bond acceptors (Lipinski definition) is 4. The van der Waals surface area contributed by atoms with Crippen molar-refractivity contribution < 1.29 is 13.2 Å². The predicted octanol–water partition coefficient (Wildman–Crippen LogP) is -0.734. The Morgan fingerprint density at radius 3 is 2.33 bits per heavy atom. The predicted molar refractivity (Wildman–Crippen MR) is 68.3 cm³/mol. The zero-order valence-corrected chi connectivity index (χ0v) is 11.5. The molecule has 0 unspecified atom stereocenters. The van der Waals surface area contributed by atoms with E-state index in [-0.39, 0.29) is 17.4 Å². The van der Waals surface area contributed by atoms with Crippen LogP contribution in [0.15, 0.2) is 0 Å². The number of sulfonamides is 1. The molecule has 6 nitrogen and oxygen atoms in total. The van der Waals surface area contributed by atoms with Crippen LogP contribution in [-0.4, -0.2) is 51.2 Å². The van der Waals surface area contributed by atoms with Gasteiger partial charge in [-0.15, -0.1) is 0 Å². The molecule has 0 atom stereocenters.